The van der Waals surface area contributed by atoms with Crippen molar-refractivity contribution in [1.29, 1.82) is 0 Å². The lowest BCUT2D eigenvalue weighted by molar-refractivity contribution is -0.00197. The van der Waals surface area contributed by atoms with Crippen molar-refractivity contribution >= 4 is 5.91 Å². The molecule has 0 saturated carbocycles. The number of rotatable bonds is 3. The van der Waals surface area contributed by atoms with Gasteiger partial charge in [0.2, 0.25) is 0 Å². The van der Waals surface area contributed by atoms with Crippen LogP contribution in [0.15, 0.2) is 48.9 Å². The zero-order valence-corrected chi connectivity index (χ0v) is 11.7. The molecule has 108 valence electrons. The lowest BCUT2D eigenvalue weighted by Crippen LogP contribution is -2.50. The predicted molar refractivity (Wildman–Crippen MR) is 77.8 cm³/mol. The average Bonchev–Trinajstić information content (AvgIpc) is 2.56. The van der Waals surface area contributed by atoms with Crippen LogP contribution in [0.2, 0.25) is 0 Å². The molecule has 2 heterocycles. The number of benzene rings is 1. The fourth-order valence-corrected chi connectivity index (χ4v) is 2.53. The van der Waals surface area contributed by atoms with E-state index in [4.69, 9.17) is 4.74 Å². The normalized spacial score (nSPS) is 18.5. The van der Waals surface area contributed by atoms with Gasteiger partial charge in [-0.2, -0.15) is 0 Å². The van der Waals surface area contributed by atoms with E-state index in [-0.39, 0.29) is 11.9 Å². The van der Waals surface area contributed by atoms with Crippen LogP contribution in [0.1, 0.15) is 16.1 Å². The van der Waals surface area contributed by atoms with Gasteiger partial charge in [0.15, 0.2) is 0 Å². The van der Waals surface area contributed by atoms with Crippen molar-refractivity contribution in [2.45, 2.75) is 12.5 Å². The molecule has 3 rings (SSSR count). The Balaban J connectivity index is 1.77. The summed E-state index contributed by atoms with van der Waals surface area (Å²) >= 11 is 0. The van der Waals surface area contributed by atoms with Crippen LogP contribution in [-0.2, 0) is 11.2 Å². The Bertz CT molecular complexity index is 589. The summed E-state index contributed by atoms with van der Waals surface area (Å²) in [5.74, 6) is -0.0765. The Kier molecular flexibility index (Phi) is 4.21. The maximum Gasteiger partial charge on any atom is 0.274 e. The molecule has 2 aromatic rings. The Morgan fingerprint density at radius 1 is 1.29 bits per heavy atom. The van der Waals surface area contributed by atoms with Crippen molar-refractivity contribution in [2.24, 2.45) is 0 Å². The number of amides is 1. The third-order valence-electron chi connectivity index (χ3n) is 3.58. The highest BCUT2D eigenvalue weighted by Crippen LogP contribution is 2.15. The smallest absolute Gasteiger partial charge is 0.274 e. The first-order valence-corrected chi connectivity index (χ1v) is 7.03. The van der Waals surface area contributed by atoms with Crippen molar-refractivity contribution in [3.05, 3.63) is 60.2 Å². The van der Waals surface area contributed by atoms with E-state index in [1.54, 1.807) is 12.4 Å². The monoisotopic (exact) mass is 283 g/mol. The minimum absolute atomic E-state index is 0.0376. The number of nitrogens with zero attached hydrogens (tertiary/aromatic N) is 3. The van der Waals surface area contributed by atoms with Crippen LogP contribution in [-0.4, -0.2) is 46.6 Å². The minimum Gasteiger partial charge on any atom is -0.377 e. The number of carbonyl (C=O) groups excluding carboxylic acids is 1. The number of hydrogen-bond acceptors (Lipinski definition) is 4. The molecule has 1 unspecified atom stereocenters. The van der Waals surface area contributed by atoms with Crippen LogP contribution in [0.25, 0.3) is 0 Å². The van der Waals surface area contributed by atoms with E-state index in [1.807, 2.05) is 23.1 Å². The van der Waals surface area contributed by atoms with Gasteiger partial charge in [0.1, 0.15) is 5.69 Å². The van der Waals surface area contributed by atoms with E-state index in [9.17, 15) is 4.79 Å². The fraction of sp³-hybridized carbons (Fsp3) is 0.312. The van der Waals surface area contributed by atoms with Crippen molar-refractivity contribution < 1.29 is 9.53 Å². The van der Waals surface area contributed by atoms with Gasteiger partial charge < -0.3 is 9.64 Å². The third kappa shape index (κ3) is 3.25. The lowest BCUT2D eigenvalue weighted by Gasteiger charge is -2.35. The second-order valence-electron chi connectivity index (χ2n) is 5.01. The zero-order chi connectivity index (χ0) is 14.5. The largest absolute Gasteiger partial charge is 0.377 e. The summed E-state index contributed by atoms with van der Waals surface area (Å²) in [4.78, 5) is 22.5. The van der Waals surface area contributed by atoms with E-state index < -0.39 is 0 Å². The molecule has 1 saturated heterocycles. The first-order chi connectivity index (χ1) is 10.3. The number of morpholine rings is 1. The van der Waals surface area contributed by atoms with Crippen molar-refractivity contribution in [3.8, 4) is 0 Å². The molecule has 1 atom stereocenters. The topological polar surface area (TPSA) is 55.3 Å². The Morgan fingerprint density at radius 2 is 2.14 bits per heavy atom. The summed E-state index contributed by atoms with van der Waals surface area (Å²) in [5.41, 5.74) is 1.59. The standard InChI is InChI=1S/C16H17N3O2/c20-16(15-11-17-6-7-18-15)19-8-9-21-12-14(19)10-13-4-2-1-3-5-13/h1-7,11,14H,8-10,12H2. The van der Waals surface area contributed by atoms with E-state index in [2.05, 4.69) is 22.1 Å². The fourth-order valence-electron chi connectivity index (χ4n) is 2.53. The molecular formula is C16H17N3O2. The molecule has 1 amide bonds. The molecule has 0 bridgehead atoms. The average molecular weight is 283 g/mol. The zero-order valence-electron chi connectivity index (χ0n) is 11.7. The van der Waals surface area contributed by atoms with E-state index in [0.29, 0.717) is 25.5 Å². The van der Waals surface area contributed by atoms with E-state index >= 15 is 0 Å². The van der Waals surface area contributed by atoms with Crippen molar-refractivity contribution in [3.63, 3.8) is 0 Å². The maximum absolute atomic E-state index is 12.6. The molecule has 5 heteroatoms. The Hall–Kier alpha value is -2.27. The summed E-state index contributed by atoms with van der Waals surface area (Å²) in [5, 5.41) is 0. The first-order valence-electron chi connectivity index (χ1n) is 7.03. The molecule has 21 heavy (non-hydrogen) atoms. The molecule has 5 nitrogen and oxygen atoms in total. The van der Waals surface area contributed by atoms with Gasteiger partial charge in [-0.3, -0.25) is 9.78 Å². The van der Waals surface area contributed by atoms with Gasteiger partial charge in [0.05, 0.1) is 25.5 Å². The van der Waals surface area contributed by atoms with Crippen LogP contribution >= 0.6 is 0 Å². The second kappa shape index (κ2) is 6.45. The van der Waals surface area contributed by atoms with Gasteiger partial charge in [-0.15, -0.1) is 0 Å². The highest BCUT2D eigenvalue weighted by molar-refractivity contribution is 5.92. The highest BCUT2D eigenvalue weighted by atomic mass is 16.5. The SMILES string of the molecule is O=C(c1cnccn1)N1CCOCC1Cc1ccccc1. The molecule has 1 aromatic heterocycles. The summed E-state index contributed by atoms with van der Waals surface area (Å²) < 4.78 is 5.54. The Labute approximate surface area is 123 Å². The maximum atomic E-state index is 12.6. The van der Waals surface area contributed by atoms with Gasteiger partial charge in [-0.25, -0.2) is 4.98 Å². The second-order valence-corrected chi connectivity index (χ2v) is 5.01. The quantitative estimate of drug-likeness (QED) is 0.858. The summed E-state index contributed by atoms with van der Waals surface area (Å²) in [7, 11) is 0. The van der Waals surface area contributed by atoms with Crippen LogP contribution in [0.3, 0.4) is 0 Å². The summed E-state index contributed by atoms with van der Waals surface area (Å²) in [6, 6.07) is 10.2. The molecular weight excluding hydrogens is 266 g/mol. The van der Waals surface area contributed by atoms with Gasteiger partial charge in [0, 0.05) is 18.9 Å². The number of aromatic nitrogens is 2. The van der Waals surface area contributed by atoms with E-state index in [1.165, 1.54) is 11.8 Å². The van der Waals surface area contributed by atoms with Crippen molar-refractivity contribution in [1.82, 2.24) is 14.9 Å². The molecule has 1 fully saturated rings. The summed E-state index contributed by atoms with van der Waals surface area (Å²) in [6.07, 6.45) is 5.40. The third-order valence-corrected chi connectivity index (χ3v) is 3.58. The molecule has 1 aliphatic heterocycles. The van der Waals surface area contributed by atoms with Gasteiger partial charge in [-0.05, 0) is 12.0 Å². The molecule has 0 spiro atoms. The van der Waals surface area contributed by atoms with Gasteiger partial charge in [-0.1, -0.05) is 30.3 Å². The predicted octanol–water partition coefficient (Wildman–Crippen LogP) is 1.56. The molecule has 1 aromatic carbocycles. The molecule has 0 radical (unpaired) electrons. The first kappa shape index (κ1) is 13.7. The number of carbonyl (C=O) groups is 1. The van der Waals surface area contributed by atoms with Crippen LogP contribution < -0.4 is 0 Å². The number of ether oxygens (including phenoxy) is 1. The van der Waals surface area contributed by atoms with Gasteiger partial charge >= 0.3 is 0 Å². The molecule has 1 aliphatic rings. The van der Waals surface area contributed by atoms with Crippen LogP contribution in [0.4, 0.5) is 0 Å². The van der Waals surface area contributed by atoms with Crippen molar-refractivity contribution in [2.75, 3.05) is 19.8 Å². The summed E-state index contributed by atoms with van der Waals surface area (Å²) in [6.45, 7) is 1.71. The lowest BCUT2D eigenvalue weighted by atomic mass is 10.0. The van der Waals surface area contributed by atoms with Crippen LogP contribution in [0, 0.1) is 0 Å². The minimum atomic E-state index is -0.0765. The van der Waals surface area contributed by atoms with Crippen LogP contribution in [0.5, 0.6) is 0 Å². The Morgan fingerprint density at radius 3 is 2.90 bits per heavy atom. The van der Waals surface area contributed by atoms with Gasteiger partial charge in [0.25, 0.3) is 5.91 Å². The highest BCUT2D eigenvalue weighted by Gasteiger charge is 2.28. The molecule has 0 N–H and O–H groups in total. The van der Waals surface area contributed by atoms with E-state index in [0.717, 1.165) is 6.42 Å². The molecule has 0 aliphatic carbocycles. The number of hydrogen-bond donors (Lipinski definition) is 0.